The molecule has 0 amide bonds. The highest BCUT2D eigenvalue weighted by Gasteiger charge is 1.99. The molecule has 1 aromatic heterocycles. The molecule has 0 aliphatic carbocycles. The van der Waals surface area contributed by atoms with Gasteiger partial charge in [0.2, 0.25) is 0 Å². The maximum atomic E-state index is 10.1. The van der Waals surface area contributed by atoms with Crippen molar-refractivity contribution in [1.29, 1.82) is 0 Å². The van der Waals surface area contributed by atoms with E-state index in [1.165, 1.54) is 6.20 Å². The number of halogens is 1. The van der Waals surface area contributed by atoms with E-state index in [2.05, 4.69) is 10.2 Å². The molecule has 0 atom stereocenters. The van der Waals surface area contributed by atoms with Crippen LogP contribution in [0, 0.1) is 0 Å². The molecule has 1 N–H and O–H groups in total. The van der Waals surface area contributed by atoms with Crippen LogP contribution in [0.5, 0.6) is 0 Å². The van der Waals surface area contributed by atoms with Crippen LogP contribution in [-0.4, -0.2) is 21.3 Å². The second kappa shape index (κ2) is 4.62. The Labute approximate surface area is 69.7 Å². The summed E-state index contributed by atoms with van der Waals surface area (Å²) in [6, 6.07) is 3.28. The van der Waals surface area contributed by atoms with Crippen LogP contribution in [0.15, 0.2) is 18.3 Å². The average Bonchev–Trinajstić information content (AvgIpc) is 1.88. The summed E-state index contributed by atoms with van der Waals surface area (Å²) >= 11 is 0. The van der Waals surface area contributed by atoms with Gasteiger partial charge in [0.15, 0.2) is 0 Å². The van der Waals surface area contributed by atoms with Crippen LogP contribution >= 0.6 is 12.4 Å². The Hall–Kier alpha value is -1.16. The van der Waals surface area contributed by atoms with Crippen LogP contribution in [0.4, 0.5) is 0 Å². The van der Waals surface area contributed by atoms with Crippen molar-refractivity contribution in [3.63, 3.8) is 0 Å². The molecule has 0 spiro atoms. The van der Waals surface area contributed by atoms with Crippen LogP contribution in [0.25, 0.3) is 0 Å². The van der Waals surface area contributed by atoms with E-state index in [9.17, 15) is 4.79 Å². The molecule has 0 saturated heterocycles. The average molecular weight is 175 g/mol. The summed E-state index contributed by atoms with van der Waals surface area (Å²) < 4.78 is 0. The van der Waals surface area contributed by atoms with Gasteiger partial charge in [-0.05, 0) is 12.1 Å². The molecule has 5 heteroatoms. The van der Waals surface area contributed by atoms with Gasteiger partial charge in [0.25, 0.3) is 0 Å². The molecule has 0 aliphatic rings. The number of carboxylic acids is 1. The second-order valence-electron chi connectivity index (χ2n) is 1.79. The molecule has 0 fully saturated rings. The van der Waals surface area contributed by atoms with Gasteiger partial charge in [-0.15, -0.1) is 12.4 Å². The van der Waals surface area contributed by atoms with Gasteiger partial charge in [-0.2, -0.15) is 10.2 Å². The monoisotopic (exact) mass is 174 g/mol. The Morgan fingerprint density at radius 2 is 2.36 bits per heavy atom. The summed E-state index contributed by atoms with van der Waals surface area (Å²) in [5, 5.41) is 15.4. The van der Waals surface area contributed by atoms with Crippen LogP contribution in [-0.2, 0) is 11.2 Å². The lowest BCUT2D eigenvalue weighted by molar-refractivity contribution is -0.136. The Balaban J connectivity index is 0.000001000. The van der Waals surface area contributed by atoms with Crippen molar-refractivity contribution < 1.29 is 9.90 Å². The highest BCUT2D eigenvalue weighted by molar-refractivity contribution is 5.85. The first kappa shape index (κ1) is 9.84. The number of nitrogens with zero attached hydrogens (tertiary/aromatic N) is 2. The van der Waals surface area contributed by atoms with E-state index in [1.807, 2.05) is 0 Å². The van der Waals surface area contributed by atoms with Gasteiger partial charge >= 0.3 is 5.97 Å². The van der Waals surface area contributed by atoms with Gasteiger partial charge in [0.05, 0.1) is 12.1 Å². The van der Waals surface area contributed by atoms with Crippen molar-refractivity contribution in [2.24, 2.45) is 0 Å². The van der Waals surface area contributed by atoms with Crippen LogP contribution in [0.3, 0.4) is 0 Å². The zero-order valence-electron chi connectivity index (χ0n) is 5.60. The van der Waals surface area contributed by atoms with Gasteiger partial charge in [-0.1, -0.05) is 0 Å². The third-order valence-corrected chi connectivity index (χ3v) is 0.960. The molecule has 60 valence electrons. The summed E-state index contributed by atoms with van der Waals surface area (Å²) in [5.74, 6) is -0.888. The number of rotatable bonds is 2. The Morgan fingerprint density at radius 1 is 1.64 bits per heavy atom. The molecule has 1 rings (SSSR count). The first-order valence-electron chi connectivity index (χ1n) is 2.77. The third kappa shape index (κ3) is 3.52. The quantitative estimate of drug-likeness (QED) is 0.710. The predicted molar refractivity (Wildman–Crippen MR) is 40.6 cm³/mol. The zero-order chi connectivity index (χ0) is 7.40. The number of carbonyl (C=O) groups is 1. The van der Waals surface area contributed by atoms with Crippen LogP contribution in [0.2, 0.25) is 0 Å². The van der Waals surface area contributed by atoms with E-state index in [4.69, 9.17) is 5.11 Å². The fourth-order valence-electron chi connectivity index (χ4n) is 0.583. The lowest BCUT2D eigenvalue weighted by Gasteiger charge is -1.90. The lowest BCUT2D eigenvalue weighted by Crippen LogP contribution is -2.02. The molecule has 11 heavy (non-hydrogen) atoms. The number of aromatic nitrogens is 2. The molecule has 0 aromatic carbocycles. The Morgan fingerprint density at radius 3 is 2.82 bits per heavy atom. The van der Waals surface area contributed by atoms with Crippen LogP contribution in [0.1, 0.15) is 5.69 Å². The van der Waals surface area contributed by atoms with Crippen molar-refractivity contribution in [3.05, 3.63) is 24.0 Å². The van der Waals surface area contributed by atoms with Crippen molar-refractivity contribution >= 4 is 18.4 Å². The fraction of sp³-hybridized carbons (Fsp3) is 0.167. The van der Waals surface area contributed by atoms with Crippen molar-refractivity contribution in [3.8, 4) is 0 Å². The van der Waals surface area contributed by atoms with E-state index in [-0.39, 0.29) is 18.8 Å². The number of aliphatic carboxylic acids is 1. The molecule has 1 aromatic rings. The normalized spacial score (nSPS) is 8.36. The highest BCUT2D eigenvalue weighted by atomic mass is 35.5. The second-order valence-corrected chi connectivity index (χ2v) is 1.79. The smallest absolute Gasteiger partial charge is 0.309 e. The maximum absolute atomic E-state index is 10.1. The maximum Gasteiger partial charge on any atom is 0.309 e. The summed E-state index contributed by atoms with van der Waals surface area (Å²) in [5.41, 5.74) is 0.481. The van der Waals surface area contributed by atoms with E-state index in [1.54, 1.807) is 12.1 Å². The van der Waals surface area contributed by atoms with Crippen LogP contribution < -0.4 is 0 Å². The summed E-state index contributed by atoms with van der Waals surface area (Å²) in [4.78, 5) is 10.1. The third-order valence-electron chi connectivity index (χ3n) is 0.960. The minimum atomic E-state index is -0.888. The predicted octanol–water partition coefficient (Wildman–Crippen LogP) is 0.525. The van der Waals surface area contributed by atoms with E-state index in [0.717, 1.165) is 0 Å². The van der Waals surface area contributed by atoms with Gasteiger partial charge in [0, 0.05) is 6.20 Å². The summed E-state index contributed by atoms with van der Waals surface area (Å²) in [6.07, 6.45) is 1.44. The van der Waals surface area contributed by atoms with Crippen molar-refractivity contribution in [2.75, 3.05) is 0 Å². The number of carboxylic acid groups (broad SMARTS) is 1. The molecule has 0 aliphatic heterocycles. The molecule has 4 nitrogen and oxygen atoms in total. The summed E-state index contributed by atoms with van der Waals surface area (Å²) in [7, 11) is 0. The molecular formula is C6H7ClN2O2. The minimum Gasteiger partial charge on any atom is -0.481 e. The number of hydrogen-bond donors (Lipinski definition) is 1. The number of hydrogen-bond acceptors (Lipinski definition) is 3. The first-order chi connectivity index (χ1) is 4.79. The Kier molecular flexibility index (Phi) is 4.14. The Bertz CT molecular complexity index is 227. The topological polar surface area (TPSA) is 63.1 Å². The van der Waals surface area contributed by atoms with Crippen molar-refractivity contribution in [2.45, 2.75) is 6.42 Å². The molecule has 0 saturated carbocycles. The van der Waals surface area contributed by atoms with Gasteiger partial charge in [-0.25, -0.2) is 0 Å². The van der Waals surface area contributed by atoms with Crippen molar-refractivity contribution in [1.82, 2.24) is 10.2 Å². The molecular weight excluding hydrogens is 168 g/mol. The largest absolute Gasteiger partial charge is 0.481 e. The van der Waals surface area contributed by atoms with E-state index < -0.39 is 5.97 Å². The molecule has 0 bridgehead atoms. The summed E-state index contributed by atoms with van der Waals surface area (Å²) in [6.45, 7) is 0. The van der Waals surface area contributed by atoms with Gasteiger partial charge in [0.1, 0.15) is 0 Å². The molecule has 1 heterocycles. The van der Waals surface area contributed by atoms with Gasteiger partial charge < -0.3 is 5.11 Å². The zero-order valence-corrected chi connectivity index (χ0v) is 6.41. The first-order valence-corrected chi connectivity index (χ1v) is 2.77. The molecule has 0 unspecified atom stereocenters. The molecule has 0 radical (unpaired) electrons. The van der Waals surface area contributed by atoms with E-state index in [0.29, 0.717) is 5.69 Å². The lowest BCUT2D eigenvalue weighted by atomic mass is 10.3. The fourth-order valence-corrected chi connectivity index (χ4v) is 0.583. The SMILES string of the molecule is Cl.O=C(O)Cc1cccnn1. The van der Waals surface area contributed by atoms with E-state index >= 15 is 0 Å². The standard InChI is InChI=1S/C6H6N2O2.ClH/c9-6(10)4-5-2-1-3-7-8-5;/h1-3H,4H2,(H,9,10);1H. The highest BCUT2D eigenvalue weighted by Crippen LogP contribution is 1.90. The minimum absolute atomic E-state index is 0. The van der Waals surface area contributed by atoms with Gasteiger partial charge in [-0.3, -0.25) is 4.79 Å².